The molecule has 2 atom stereocenters. The minimum absolute atomic E-state index is 0.243. The highest BCUT2D eigenvalue weighted by Crippen LogP contribution is 2.27. The van der Waals surface area contributed by atoms with Gasteiger partial charge in [-0.2, -0.15) is 0 Å². The molecule has 76 valence electrons. The average molecular weight is 185 g/mol. The van der Waals surface area contributed by atoms with Crippen molar-refractivity contribution in [3.8, 4) is 0 Å². The molecular formula is C10H19NO2. The standard InChI is InChI=1S/C10H19NO2/c1-2-8-4-3-5-9(8)11-7-6-10(12)13/h8-9,11H,2-7H2,1H3,(H,12,13). The lowest BCUT2D eigenvalue weighted by Gasteiger charge is -2.18. The summed E-state index contributed by atoms with van der Waals surface area (Å²) < 4.78 is 0. The zero-order valence-corrected chi connectivity index (χ0v) is 8.25. The summed E-state index contributed by atoms with van der Waals surface area (Å²) in [5.41, 5.74) is 0. The van der Waals surface area contributed by atoms with Gasteiger partial charge in [0.15, 0.2) is 0 Å². The second-order valence-corrected chi connectivity index (χ2v) is 3.80. The van der Waals surface area contributed by atoms with Gasteiger partial charge in [0.1, 0.15) is 0 Å². The summed E-state index contributed by atoms with van der Waals surface area (Å²) in [6, 6.07) is 0.573. The van der Waals surface area contributed by atoms with E-state index in [0.717, 1.165) is 5.92 Å². The number of nitrogens with one attached hydrogen (secondary N) is 1. The molecule has 0 bridgehead atoms. The molecule has 1 fully saturated rings. The number of aliphatic carboxylic acids is 1. The summed E-state index contributed by atoms with van der Waals surface area (Å²) in [5, 5.41) is 11.8. The van der Waals surface area contributed by atoms with Gasteiger partial charge >= 0.3 is 5.97 Å². The second-order valence-electron chi connectivity index (χ2n) is 3.80. The molecule has 0 amide bonds. The van der Waals surface area contributed by atoms with Crippen LogP contribution >= 0.6 is 0 Å². The molecule has 3 nitrogen and oxygen atoms in total. The largest absolute Gasteiger partial charge is 0.481 e. The summed E-state index contributed by atoms with van der Waals surface area (Å²) in [6.07, 6.45) is 5.28. The fraction of sp³-hybridized carbons (Fsp3) is 0.900. The van der Waals surface area contributed by atoms with Crippen LogP contribution in [-0.4, -0.2) is 23.7 Å². The van der Waals surface area contributed by atoms with Gasteiger partial charge in [-0.05, 0) is 18.8 Å². The maximum Gasteiger partial charge on any atom is 0.304 e. The molecular weight excluding hydrogens is 166 g/mol. The average Bonchev–Trinajstić information content (AvgIpc) is 2.51. The Labute approximate surface area is 79.5 Å². The summed E-state index contributed by atoms with van der Waals surface area (Å²) in [5.74, 6) is 0.0624. The molecule has 1 saturated carbocycles. The molecule has 0 radical (unpaired) electrons. The van der Waals surface area contributed by atoms with E-state index in [4.69, 9.17) is 5.11 Å². The molecule has 2 unspecified atom stereocenters. The number of hydrogen-bond acceptors (Lipinski definition) is 2. The molecule has 0 aromatic carbocycles. The van der Waals surface area contributed by atoms with E-state index in [1.165, 1.54) is 25.7 Å². The van der Waals surface area contributed by atoms with Crippen LogP contribution < -0.4 is 5.32 Å². The van der Waals surface area contributed by atoms with Crippen LogP contribution in [0.5, 0.6) is 0 Å². The maximum atomic E-state index is 10.3. The van der Waals surface area contributed by atoms with Gasteiger partial charge in [0, 0.05) is 12.6 Å². The molecule has 0 aromatic rings. The fourth-order valence-electron chi connectivity index (χ4n) is 2.16. The van der Waals surface area contributed by atoms with E-state index < -0.39 is 5.97 Å². The summed E-state index contributed by atoms with van der Waals surface area (Å²) in [4.78, 5) is 10.3. The lowest BCUT2D eigenvalue weighted by Crippen LogP contribution is -2.33. The van der Waals surface area contributed by atoms with Crippen LogP contribution in [0.25, 0.3) is 0 Å². The normalized spacial score (nSPS) is 27.8. The third kappa shape index (κ3) is 3.35. The van der Waals surface area contributed by atoms with E-state index in [1.54, 1.807) is 0 Å². The molecule has 2 N–H and O–H groups in total. The Morgan fingerprint density at radius 3 is 2.92 bits per heavy atom. The van der Waals surface area contributed by atoms with Crippen molar-refractivity contribution in [1.29, 1.82) is 0 Å². The van der Waals surface area contributed by atoms with Crippen molar-refractivity contribution in [1.82, 2.24) is 5.32 Å². The Balaban J connectivity index is 2.16. The molecule has 0 spiro atoms. The van der Waals surface area contributed by atoms with Crippen molar-refractivity contribution in [3.05, 3.63) is 0 Å². The molecule has 1 rings (SSSR count). The Bertz CT molecular complexity index is 170. The minimum Gasteiger partial charge on any atom is -0.481 e. The highest BCUT2D eigenvalue weighted by molar-refractivity contribution is 5.66. The van der Waals surface area contributed by atoms with E-state index in [9.17, 15) is 4.79 Å². The summed E-state index contributed by atoms with van der Waals surface area (Å²) in [6.45, 7) is 2.83. The zero-order chi connectivity index (χ0) is 9.68. The second kappa shape index (κ2) is 5.22. The van der Waals surface area contributed by atoms with Gasteiger partial charge in [-0.1, -0.05) is 19.8 Å². The number of carboxylic acid groups (broad SMARTS) is 1. The van der Waals surface area contributed by atoms with Crippen molar-refractivity contribution in [2.24, 2.45) is 5.92 Å². The molecule has 3 heteroatoms. The number of hydrogen-bond donors (Lipinski definition) is 2. The van der Waals surface area contributed by atoms with Crippen LogP contribution in [0.2, 0.25) is 0 Å². The van der Waals surface area contributed by atoms with E-state index in [2.05, 4.69) is 12.2 Å². The molecule has 1 aliphatic rings. The molecule has 13 heavy (non-hydrogen) atoms. The molecule has 0 heterocycles. The van der Waals surface area contributed by atoms with Crippen molar-refractivity contribution in [3.63, 3.8) is 0 Å². The lowest BCUT2D eigenvalue weighted by molar-refractivity contribution is -0.136. The molecule has 0 saturated heterocycles. The van der Waals surface area contributed by atoms with Gasteiger partial charge in [-0.25, -0.2) is 0 Å². The maximum absolute atomic E-state index is 10.3. The van der Waals surface area contributed by atoms with Gasteiger partial charge in [0.05, 0.1) is 6.42 Å². The van der Waals surface area contributed by atoms with Crippen LogP contribution in [0.4, 0.5) is 0 Å². The summed E-state index contributed by atoms with van der Waals surface area (Å²) >= 11 is 0. The van der Waals surface area contributed by atoms with E-state index in [0.29, 0.717) is 12.6 Å². The van der Waals surface area contributed by atoms with Gasteiger partial charge in [-0.3, -0.25) is 4.79 Å². The first-order chi connectivity index (χ1) is 6.24. The van der Waals surface area contributed by atoms with Crippen LogP contribution in [0.15, 0.2) is 0 Å². The third-order valence-electron chi connectivity index (χ3n) is 2.93. The van der Waals surface area contributed by atoms with Gasteiger partial charge in [0.25, 0.3) is 0 Å². The highest BCUT2D eigenvalue weighted by atomic mass is 16.4. The first-order valence-electron chi connectivity index (χ1n) is 5.19. The van der Waals surface area contributed by atoms with Crippen LogP contribution in [0.1, 0.15) is 39.0 Å². The zero-order valence-electron chi connectivity index (χ0n) is 8.25. The number of rotatable bonds is 5. The lowest BCUT2D eigenvalue weighted by atomic mass is 10.0. The van der Waals surface area contributed by atoms with Gasteiger partial charge < -0.3 is 10.4 Å². The van der Waals surface area contributed by atoms with Crippen molar-refractivity contribution < 1.29 is 9.90 Å². The number of carbonyl (C=O) groups is 1. The Kier molecular flexibility index (Phi) is 4.22. The molecule has 1 aliphatic carbocycles. The first-order valence-corrected chi connectivity index (χ1v) is 5.19. The predicted molar refractivity (Wildman–Crippen MR) is 51.7 cm³/mol. The Hall–Kier alpha value is -0.570. The van der Waals surface area contributed by atoms with Crippen LogP contribution in [-0.2, 0) is 4.79 Å². The molecule has 0 aliphatic heterocycles. The van der Waals surface area contributed by atoms with E-state index in [1.807, 2.05) is 0 Å². The van der Waals surface area contributed by atoms with Gasteiger partial charge in [0.2, 0.25) is 0 Å². The quantitative estimate of drug-likeness (QED) is 0.684. The SMILES string of the molecule is CCC1CCCC1NCCC(=O)O. The van der Waals surface area contributed by atoms with Crippen molar-refractivity contribution >= 4 is 5.97 Å². The summed E-state index contributed by atoms with van der Waals surface area (Å²) in [7, 11) is 0. The van der Waals surface area contributed by atoms with Crippen LogP contribution in [0.3, 0.4) is 0 Å². The fourth-order valence-corrected chi connectivity index (χ4v) is 2.16. The van der Waals surface area contributed by atoms with Crippen molar-refractivity contribution in [2.75, 3.05) is 6.54 Å². The van der Waals surface area contributed by atoms with E-state index in [-0.39, 0.29) is 6.42 Å². The molecule has 0 aromatic heterocycles. The Morgan fingerprint density at radius 1 is 1.54 bits per heavy atom. The monoisotopic (exact) mass is 185 g/mol. The highest BCUT2D eigenvalue weighted by Gasteiger charge is 2.24. The smallest absolute Gasteiger partial charge is 0.304 e. The van der Waals surface area contributed by atoms with Gasteiger partial charge in [-0.15, -0.1) is 0 Å². The van der Waals surface area contributed by atoms with Crippen molar-refractivity contribution in [2.45, 2.75) is 45.1 Å². The third-order valence-corrected chi connectivity index (χ3v) is 2.93. The van der Waals surface area contributed by atoms with E-state index >= 15 is 0 Å². The van der Waals surface area contributed by atoms with Crippen LogP contribution in [0, 0.1) is 5.92 Å². The Morgan fingerprint density at radius 2 is 2.31 bits per heavy atom. The topological polar surface area (TPSA) is 49.3 Å². The predicted octanol–water partition coefficient (Wildman–Crippen LogP) is 1.63. The first kappa shape index (κ1) is 10.5. The minimum atomic E-state index is -0.710. The number of carboxylic acids is 1.